The Hall–Kier alpha value is -0.660. The summed E-state index contributed by atoms with van der Waals surface area (Å²) in [5, 5.41) is 0. The molecule has 0 aliphatic carbocycles. The Morgan fingerprint density at radius 2 is 1.09 bits per heavy atom. The van der Waals surface area contributed by atoms with Crippen LogP contribution in [-0.4, -0.2) is 18.1 Å². The molecule has 0 aromatic rings. The summed E-state index contributed by atoms with van der Waals surface area (Å²) in [6, 6.07) is 0. The van der Waals surface area contributed by atoms with Crippen molar-refractivity contribution in [2.24, 2.45) is 9.98 Å². The fourth-order valence-corrected chi connectivity index (χ4v) is 0.476. The zero-order valence-corrected chi connectivity index (χ0v) is 8.60. The molecule has 0 N–H and O–H groups in total. The Kier molecular flexibility index (Phi) is 11.0. The summed E-state index contributed by atoms with van der Waals surface area (Å²) < 4.78 is 0. The first-order chi connectivity index (χ1) is 5.30. The van der Waals surface area contributed by atoms with Crippen LogP contribution < -0.4 is 0 Å². The zero-order chi connectivity index (χ0) is 9.28. The summed E-state index contributed by atoms with van der Waals surface area (Å²) >= 11 is 0. The Labute approximate surface area is 70.5 Å². The molecule has 0 fully saturated rings. The first-order valence-corrected chi connectivity index (χ1v) is 4.33. The van der Waals surface area contributed by atoms with E-state index in [1.54, 1.807) is 0 Å². The van der Waals surface area contributed by atoms with E-state index in [1.807, 2.05) is 41.5 Å². The topological polar surface area (TPSA) is 24.7 Å². The van der Waals surface area contributed by atoms with E-state index in [0.717, 1.165) is 11.4 Å². The minimum atomic E-state index is 0.650. The van der Waals surface area contributed by atoms with Crippen molar-refractivity contribution >= 4 is 11.4 Å². The maximum absolute atomic E-state index is 4.03. The first-order valence-electron chi connectivity index (χ1n) is 4.33. The predicted octanol–water partition coefficient (Wildman–Crippen LogP) is 2.93. The molecule has 0 atom stereocenters. The van der Waals surface area contributed by atoms with Gasteiger partial charge in [-0.1, -0.05) is 27.7 Å². The zero-order valence-electron chi connectivity index (χ0n) is 8.60. The SMILES string of the molecule is CC.CC.CC1=NCN=C1C. The lowest BCUT2D eigenvalue weighted by atomic mass is 10.3. The molecule has 0 aromatic heterocycles. The van der Waals surface area contributed by atoms with Crippen molar-refractivity contribution in [3.63, 3.8) is 0 Å². The average molecular weight is 156 g/mol. The number of aliphatic imine (C=N–C) groups is 2. The maximum atomic E-state index is 4.03. The molecule has 0 unspecified atom stereocenters. The van der Waals surface area contributed by atoms with E-state index in [2.05, 4.69) is 9.98 Å². The minimum absolute atomic E-state index is 0.650. The van der Waals surface area contributed by atoms with E-state index in [0.29, 0.717) is 6.67 Å². The molecule has 66 valence electrons. The maximum Gasteiger partial charge on any atom is 0.130 e. The summed E-state index contributed by atoms with van der Waals surface area (Å²) in [6.45, 7) is 12.6. The van der Waals surface area contributed by atoms with Crippen LogP contribution in [0.5, 0.6) is 0 Å². The molecule has 0 radical (unpaired) electrons. The molecular formula is C9H20N2. The molecule has 1 heterocycles. The van der Waals surface area contributed by atoms with Gasteiger partial charge in [-0.3, -0.25) is 9.98 Å². The highest BCUT2D eigenvalue weighted by molar-refractivity contribution is 6.41. The number of nitrogens with zero attached hydrogens (tertiary/aromatic N) is 2. The summed E-state index contributed by atoms with van der Waals surface area (Å²) in [7, 11) is 0. The van der Waals surface area contributed by atoms with E-state index in [-0.39, 0.29) is 0 Å². The second-order valence-electron chi connectivity index (χ2n) is 1.63. The molecule has 1 aliphatic heterocycles. The lowest BCUT2D eigenvalue weighted by Gasteiger charge is -1.82. The molecule has 0 amide bonds. The molecule has 0 aromatic carbocycles. The molecule has 2 heteroatoms. The quantitative estimate of drug-likeness (QED) is 0.515. The van der Waals surface area contributed by atoms with Gasteiger partial charge in [0.05, 0.1) is 11.4 Å². The first kappa shape index (κ1) is 13.0. The molecule has 1 rings (SSSR count). The van der Waals surface area contributed by atoms with Gasteiger partial charge in [-0.15, -0.1) is 0 Å². The Balaban J connectivity index is 0. The van der Waals surface area contributed by atoms with Gasteiger partial charge in [-0.05, 0) is 13.8 Å². The summed E-state index contributed by atoms with van der Waals surface area (Å²) in [4.78, 5) is 8.06. The smallest absolute Gasteiger partial charge is 0.130 e. The molecule has 0 saturated carbocycles. The van der Waals surface area contributed by atoms with Gasteiger partial charge in [0.2, 0.25) is 0 Å². The van der Waals surface area contributed by atoms with E-state index >= 15 is 0 Å². The van der Waals surface area contributed by atoms with Crippen LogP contribution in [0, 0.1) is 0 Å². The van der Waals surface area contributed by atoms with Crippen LogP contribution in [0.2, 0.25) is 0 Å². The lowest BCUT2D eigenvalue weighted by molar-refractivity contribution is 1.10. The Morgan fingerprint density at radius 1 is 0.818 bits per heavy atom. The summed E-state index contributed by atoms with van der Waals surface area (Å²) in [6.07, 6.45) is 0. The van der Waals surface area contributed by atoms with Crippen LogP contribution in [0.1, 0.15) is 41.5 Å². The number of rotatable bonds is 0. The summed E-state index contributed by atoms with van der Waals surface area (Å²) in [5.74, 6) is 0. The van der Waals surface area contributed by atoms with Crippen molar-refractivity contribution < 1.29 is 0 Å². The van der Waals surface area contributed by atoms with E-state index in [1.165, 1.54) is 0 Å². The molecule has 0 saturated heterocycles. The molecule has 2 nitrogen and oxygen atoms in total. The van der Waals surface area contributed by atoms with Crippen LogP contribution in [0.3, 0.4) is 0 Å². The van der Waals surface area contributed by atoms with Gasteiger partial charge < -0.3 is 0 Å². The Morgan fingerprint density at radius 3 is 1.18 bits per heavy atom. The highest BCUT2D eigenvalue weighted by atomic mass is 15.0. The lowest BCUT2D eigenvalue weighted by Crippen LogP contribution is -1.98. The van der Waals surface area contributed by atoms with Crippen molar-refractivity contribution in [1.82, 2.24) is 0 Å². The fraction of sp³-hybridized carbons (Fsp3) is 0.778. The molecule has 0 bridgehead atoms. The van der Waals surface area contributed by atoms with Crippen molar-refractivity contribution in [1.29, 1.82) is 0 Å². The second-order valence-corrected chi connectivity index (χ2v) is 1.63. The monoisotopic (exact) mass is 156 g/mol. The standard InChI is InChI=1S/C5H8N2.2C2H6/c1-4-5(2)7-3-6-4;2*1-2/h3H2,1-2H3;2*1-2H3. The van der Waals surface area contributed by atoms with Gasteiger partial charge in [0.25, 0.3) is 0 Å². The van der Waals surface area contributed by atoms with Gasteiger partial charge in [-0.2, -0.15) is 0 Å². The molecule has 0 spiro atoms. The Bertz CT molecular complexity index is 118. The predicted molar refractivity (Wildman–Crippen MR) is 53.8 cm³/mol. The van der Waals surface area contributed by atoms with Gasteiger partial charge in [-0.25, -0.2) is 0 Å². The van der Waals surface area contributed by atoms with Gasteiger partial charge in [0.1, 0.15) is 6.67 Å². The minimum Gasteiger partial charge on any atom is -0.265 e. The third kappa shape index (κ3) is 5.77. The fourth-order valence-electron chi connectivity index (χ4n) is 0.476. The van der Waals surface area contributed by atoms with Crippen molar-refractivity contribution in [2.75, 3.05) is 6.67 Å². The average Bonchev–Trinajstić information content (AvgIpc) is 2.44. The van der Waals surface area contributed by atoms with Gasteiger partial charge in [0, 0.05) is 0 Å². The third-order valence-corrected chi connectivity index (χ3v) is 1.14. The molecule has 1 aliphatic rings. The van der Waals surface area contributed by atoms with Crippen LogP contribution in [0.15, 0.2) is 9.98 Å². The summed E-state index contributed by atoms with van der Waals surface area (Å²) in [5.41, 5.74) is 2.17. The molecular weight excluding hydrogens is 136 g/mol. The van der Waals surface area contributed by atoms with Crippen LogP contribution >= 0.6 is 0 Å². The van der Waals surface area contributed by atoms with Crippen molar-refractivity contribution in [3.05, 3.63) is 0 Å². The van der Waals surface area contributed by atoms with Gasteiger partial charge in [0.15, 0.2) is 0 Å². The second kappa shape index (κ2) is 9.34. The van der Waals surface area contributed by atoms with Crippen molar-refractivity contribution in [3.8, 4) is 0 Å². The van der Waals surface area contributed by atoms with Crippen molar-refractivity contribution in [2.45, 2.75) is 41.5 Å². The normalized spacial score (nSPS) is 13.3. The third-order valence-electron chi connectivity index (χ3n) is 1.14. The van der Waals surface area contributed by atoms with Crippen LogP contribution in [0.25, 0.3) is 0 Å². The highest BCUT2D eigenvalue weighted by Gasteiger charge is 1.99. The largest absolute Gasteiger partial charge is 0.265 e. The van der Waals surface area contributed by atoms with E-state index in [9.17, 15) is 0 Å². The van der Waals surface area contributed by atoms with E-state index in [4.69, 9.17) is 0 Å². The number of hydrogen-bond acceptors (Lipinski definition) is 2. The highest BCUT2D eigenvalue weighted by Crippen LogP contribution is 1.92. The van der Waals surface area contributed by atoms with Crippen LogP contribution in [-0.2, 0) is 0 Å². The molecule has 11 heavy (non-hydrogen) atoms. The van der Waals surface area contributed by atoms with E-state index < -0.39 is 0 Å². The van der Waals surface area contributed by atoms with Crippen LogP contribution in [0.4, 0.5) is 0 Å². The number of hydrogen-bond donors (Lipinski definition) is 0. The van der Waals surface area contributed by atoms with Gasteiger partial charge >= 0.3 is 0 Å².